The second kappa shape index (κ2) is 4.95. The molecule has 0 bridgehead atoms. The molecule has 4 N–H and O–H groups in total. The van der Waals surface area contributed by atoms with Gasteiger partial charge in [0.1, 0.15) is 5.01 Å². The van der Waals surface area contributed by atoms with Crippen molar-refractivity contribution in [2.45, 2.75) is 32.7 Å². The summed E-state index contributed by atoms with van der Waals surface area (Å²) in [6.45, 7) is 4.09. The van der Waals surface area contributed by atoms with E-state index < -0.39 is 0 Å². The van der Waals surface area contributed by atoms with Crippen LogP contribution in [0.1, 0.15) is 37.0 Å². The summed E-state index contributed by atoms with van der Waals surface area (Å²) in [5.41, 5.74) is 6.37. The molecule has 0 fully saturated rings. The van der Waals surface area contributed by atoms with Gasteiger partial charge >= 0.3 is 0 Å². The van der Waals surface area contributed by atoms with Crippen LogP contribution in [-0.2, 0) is 6.42 Å². The van der Waals surface area contributed by atoms with Gasteiger partial charge in [-0.05, 0) is 13.3 Å². The highest BCUT2D eigenvalue weighted by atomic mass is 32.1. The number of hydrogen-bond donors (Lipinski definition) is 3. The van der Waals surface area contributed by atoms with E-state index >= 15 is 0 Å². The Bertz CT molecular complexity index is 308. The zero-order chi connectivity index (χ0) is 10.6. The highest BCUT2D eigenvalue weighted by Gasteiger charge is 2.09. The second-order valence-corrected chi connectivity index (χ2v) is 4.10. The van der Waals surface area contributed by atoms with Crippen LogP contribution < -0.4 is 11.1 Å². The van der Waals surface area contributed by atoms with E-state index in [-0.39, 0.29) is 12.0 Å². The van der Waals surface area contributed by atoms with E-state index in [1.54, 1.807) is 11.3 Å². The number of aromatic nitrogens is 1. The molecule has 1 aromatic rings. The molecule has 1 aromatic heterocycles. The van der Waals surface area contributed by atoms with E-state index in [9.17, 15) is 0 Å². The van der Waals surface area contributed by atoms with Crippen molar-refractivity contribution in [3.63, 3.8) is 0 Å². The number of guanidine groups is 1. The summed E-state index contributed by atoms with van der Waals surface area (Å²) >= 11 is 1.61. The van der Waals surface area contributed by atoms with Crippen molar-refractivity contribution >= 4 is 17.3 Å². The number of hydrogen-bond acceptors (Lipinski definition) is 3. The zero-order valence-corrected chi connectivity index (χ0v) is 9.32. The first-order valence-corrected chi connectivity index (χ1v) is 5.56. The molecule has 4 nitrogen and oxygen atoms in total. The lowest BCUT2D eigenvalue weighted by Gasteiger charge is -2.09. The van der Waals surface area contributed by atoms with Gasteiger partial charge in [-0.2, -0.15) is 0 Å². The topological polar surface area (TPSA) is 74.8 Å². The van der Waals surface area contributed by atoms with Crippen molar-refractivity contribution < 1.29 is 0 Å². The highest BCUT2D eigenvalue weighted by Crippen LogP contribution is 2.18. The van der Waals surface area contributed by atoms with Gasteiger partial charge in [-0.25, -0.2) is 4.98 Å². The predicted octanol–water partition coefficient (Wildman–Crippen LogP) is 1.64. The van der Waals surface area contributed by atoms with E-state index in [0.717, 1.165) is 23.5 Å². The van der Waals surface area contributed by atoms with Crippen LogP contribution in [0.3, 0.4) is 0 Å². The number of nitrogens with one attached hydrogen (secondary N) is 2. The van der Waals surface area contributed by atoms with Crippen molar-refractivity contribution in [1.82, 2.24) is 10.3 Å². The summed E-state index contributed by atoms with van der Waals surface area (Å²) in [5, 5.41) is 13.0. The second-order valence-electron chi connectivity index (χ2n) is 3.21. The van der Waals surface area contributed by atoms with Gasteiger partial charge in [-0.1, -0.05) is 13.3 Å². The molecule has 0 saturated heterocycles. The van der Waals surface area contributed by atoms with Gasteiger partial charge in [-0.3, -0.25) is 5.41 Å². The molecular formula is C9H16N4S. The van der Waals surface area contributed by atoms with E-state index in [1.807, 2.05) is 6.92 Å². The van der Waals surface area contributed by atoms with Gasteiger partial charge < -0.3 is 11.1 Å². The fourth-order valence-electron chi connectivity index (χ4n) is 1.19. The lowest BCUT2D eigenvalue weighted by atomic mass is 10.3. The Morgan fingerprint density at radius 2 is 2.50 bits per heavy atom. The smallest absolute Gasteiger partial charge is 0.186 e. The molecule has 0 aliphatic carbocycles. The van der Waals surface area contributed by atoms with Gasteiger partial charge in [0, 0.05) is 5.38 Å². The highest BCUT2D eigenvalue weighted by molar-refractivity contribution is 7.09. The van der Waals surface area contributed by atoms with Crippen molar-refractivity contribution in [1.29, 1.82) is 5.41 Å². The Morgan fingerprint density at radius 3 is 3.07 bits per heavy atom. The summed E-state index contributed by atoms with van der Waals surface area (Å²) in [6, 6.07) is 0.0307. The number of nitrogens with zero attached hydrogens (tertiary/aromatic N) is 1. The zero-order valence-electron chi connectivity index (χ0n) is 8.50. The average molecular weight is 212 g/mol. The van der Waals surface area contributed by atoms with Crippen LogP contribution in [-0.4, -0.2) is 10.9 Å². The van der Waals surface area contributed by atoms with E-state index in [2.05, 4.69) is 22.6 Å². The van der Waals surface area contributed by atoms with Crippen molar-refractivity contribution in [2.24, 2.45) is 5.73 Å². The minimum atomic E-state index is -0.00950. The van der Waals surface area contributed by atoms with Crippen LogP contribution in [0.4, 0.5) is 0 Å². The molecule has 1 rings (SSSR count). The minimum absolute atomic E-state index is 0.00950. The Labute approximate surface area is 88.1 Å². The molecule has 0 aromatic carbocycles. The molecule has 1 heterocycles. The third kappa shape index (κ3) is 2.99. The van der Waals surface area contributed by atoms with Gasteiger partial charge in [0.25, 0.3) is 0 Å². The van der Waals surface area contributed by atoms with Crippen LogP contribution in [0.15, 0.2) is 5.38 Å². The summed E-state index contributed by atoms with van der Waals surface area (Å²) < 4.78 is 0. The van der Waals surface area contributed by atoms with E-state index in [0.29, 0.717) is 0 Å². The van der Waals surface area contributed by atoms with Crippen LogP contribution >= 0.6 is 11.3 Å². The van der Waals surface area contributed by atoms with Crippen LogP contribution in [0.2, 0.25) is 0 Å². The first-order valence-electron chi connectivity index (χ1n) is 4.68. The maximum Gasteiger partial charge on any atom is 0.186 e. The van der Waals surface area contributed by atoms with E-state index in [1.165, 1.54) is 0 Å². The molecule has 0 amide bonds. The molecule has 0 saturated carbocycles. The molecule has 0 spiro atoms. The minimum Gasteiger partial charge on any atom is -0.370 e. The van der Waals surface area contributed by atoms with Crippen molar-refractivity contribution in [3.8, 4) is 0 Å². The normalized spacial score (nSPS) is 12.4. The Balaban J connectivity index is 2.61. The summed E-state index contributed by atoms with van der Waals surface area (Å²) in [7, 11) is 0. The number of thiazole rings is 1. The lowest BCUT2D eigenvalue weighted by Crippen LogP contribution is -2.32. The van der Waals surface area contributed by atoms with Crippen LogP contribution in [0.25, 0.3) is 0 Å². The van der Waals surface area contributed by atoms with Gasteiger partial charge in [0.15, 0.2) is 5.96 Å². The fraction of sp³-hybridized carbons (Fsp3) is 0.556. The molecule has 78 valence electrons. The number of aryl methyl sites for hydroxylation is 1. The third-order valence-corrected chi connectivity index (χ3v) is 2.89. The van der Waals surface area contributed by atoms with Gasteiger partial charge in [0.2, 0.25) is 0 Å². The quantitative estimate of drug-likeness (QED) is 0.524. The van der Waals surface area contributed by atoms with E-state index in [4.69, 9.17) is 11.1 Å². The molecular weight excluding hydrogens is 196 g/mol. The predicted molar refractivity (Wildman–Crippen MR) is 59.6 cm³/mol. The summed E-state index contributed by atoms with van der Waals surface area (Å²) in [4.78, 5) is 4.46. The number of rotatable bonds is 4. The molecule has 0 unspecified atom stereocenters. The van der Waals surface area contributed by atoms with Crippen molar-refractivity contribution in [2.75, 3.05) is 0 Å². The molecule has 1 atom stereocenters. The SMILES string of the molecule is CCCc1csc([C@H](C)NC(=N)N)n1. The molecule has 0 aliphatic heterocycles. The van der Waals surface area contributed by atoms with Crippen molar-refractivity contribution in [3.05, 3.63) is 16.1 Å². The standard InChI is InChI=1S/C9H16N4S/c1-3-4-7-5-14-8(13-7)6(2)12-9(10)11/h5-6H,3-4H2,1-2H3,(H4,10,11,12)/t6-/m0/s1. The molecule has 0 aliphatic rings. The maximum absolute atomic E-state index is 7.11. The molecule has 14 heavy (non-hydrogen) atoms. The number of nitrogens with two attached hydrogens (primary N) is 1. The monoisotopic (exact) mass is 212 g/mol. The summed E-state index contributed by atoms with van der Waals surface area (Å²) in [6.07, 6.45) is 2.13. The largest absolute Gasteiger partial charge is 0.370 e. The third-order valence-electron chi connectivity index (χ3n) is 1.82. The molecule has 5 heteroatoms. The van der Waals surface area contributed by atoms with Gasteiger partial charge in [-0.15, -0.1) is 11.3 Å². The van der Waals surface area contributed by atoms with Crippen LogP contribution in [0, 0.1) is 5.41 Å². The molecule has 0 radical (unpaired) electrons. The van der Waals surface area contributed by atoms with Gasteiger partial charge in [0.05, 0.1) is 11.7 Å². The van der Waals surface area contributed by atoms with Crippen LogP contribution in [0.5, 0.6) is 0 Å². The Morgan fingerprint density at radius 1 is 1.79 bits per heavy atom. The fourth-order valence-corrected chi connectivity index (χ4v) is 2.05. The first kappa shape index (κ1) is 11.0. The first-order chi connectivity index (χ1) is 6.63. The average Bonchev–Trinajstić information content (AvgIpc) is 2.52. The summed E-state index contributed by atoms with van der Waals surface area (Å²) in [5.74, 6) is -0.00950. The maximum atomic E-state index is 7.11. The Kier molecular flexibility index (Phi) is 3.88. The lowest BCUT2D eigenvalue weighted by molar-refractivity contribution is 0.697. The Hall–Kier alpha value is -1.10.